The van der Waals surface area contributed by atoms with Gasteiger partial charge < -0.3 is 16.0 Å². The second-order valence-electron chi connectivity index (χ2n) is 6.34. The van der Waals surface area contributed by atoms with Crippen LogP contribution in [-0.4, -0.2) is 11.0 Å². The van der Waals surface area contributed by atoms with Gasteiger partial charge in [-0.2, -0.15) is 0 Å². The Labute approximate surface area is 163 Å². The highest BCUT2D eigenvalue weighted by Gasteiger charge is 2.31. The molecule has 3 N–H and O–H groups in total. The molecule has 0 radical (unpaired) electrons. The summed E-state index contributed by atoms with van der Waals surface area (Å²) in [6.45, 7) is 5.90. The number of hydrogen-bond donors (Lipinski definition) is 3. The molecule has 6 heteroatoms. The van der Waals surface area contributed by atoms with Crippen LogP contribution in [0.3, 0.4) is 0 Å². The van der Waals surface area contributed by atoms with Crippen LogP contribution in [0.15, 0.2) is 53.7 Å². The topological polar surface area (TPSA) is 53.2 Å². The first-order valence-corrected chi connectivity index (χ1v) is 9.06. The van der Waals surface area contributed by atoms with E-state index in [9.17, 15) is 4.79 Å². The van der Waals surface area contributed by atoms with E-state index in [1.165, 1.54) is 5.56 Å². The molecule has 2 aromatic carbocycles. The lowest BCUT2D eigenvalue weighted by Crippen LogP contribution is -2.45. The Hall–Kier alpha value is -2.37. The van der Waals surface area contributed by atoms with Crippen LogP contribution in [0.2, 0.25) is 5.02 Å². The highest BCUT2D eigenvalue weighted by molar-refractivity contribution is 7.80. The van der Waals surface area contributed by atoms with E-state index in [1.54, 1.807) is 6.07 Å². The molecule has 0 aliphatic carbocycles. The molecule has 0 bridgehead atoms. The number of carbonyl (C=O) groups is 1. The van der Waals surface area contributed by atoms with Crippen molar-refractivity contribution < 1.29 is 4.79 Å². The van der Waals surface area contributed by atoms with E-state index in [-0.39, 0.29) is 5.91 Å². The van der Waals surface area contributed by atoms with E-state index < -0.39 is 6.04 Å². The quantitative estimate of drug-likeness (QED) is 0.686. The molecule has 3 rings (SSSR count). The van der Waals surface area contributed by atoms with Crippen LogP contribution in [0, 0.1) is 13.8 Å². The van der Waals surface area contributed by atoms with E-state index in [4.69, 9.17) is 23.8 Å². The molecule has 1 aliphatic rings. The Morgan fingerprint density at radius 1 is 1.12 bits per heavy atom. The minimum Gasteiger partial charge on any atom is -0.351 e. The van der Waals surface area contributed by atoms with Crippen LogP contribution < -0.4 is 16.0 Å². The standard InChI is InChI=1S/C20H20ClN3OS/c1-11-8-9-14(10-12(11)2)23-19(25)17-13(3)22-20(26)24-18(17)15-6-4-5-7-16(15)21/h4-10,18H,1-3H3,(H,23,25)(H2,22,24,26)/t18-/m1/s1. The summed E-state index contributed by atoms with van der Waals surface area (Å²) >= 11 is 11.6. The van der Waals surface area contributed by atoms with Gasteiger partial charge in [0.1, 0.15) is 0 Å². The van der Waals surface area contributed by atoms with Gasteiger partial charge in [0.2, 0.25) is 0 Å². The zero-order chi connectivity index (χ0) is 18.8. The maximum absolute atomic E-state index is 13.0. The van der Waals surface area contributed by atoms with E-state index in [2.05, 4.69) is 16.0 Å². The summed E-state index contributed by atoms with van der Waals surface area (Å²) in [5.41, 5.74) is 5.13. The normalized spacial score (nSPS) is 16.8. The number of rotatable bonds is 3. The van der Waals surface area contributed by atoms with Crippen LogP contribution in [0.1, 0.15) is 29.7 Å². The largest absolute Gasteiger partial charge is 0.351 e. The number of amides is 1. The van der Waals surface area contributed by atoms with Crippen LogP contribution in [0.25, 0.3) is 0 Å². The summed E-state index contributed by atoms with van der Waals surface area (Å²) in [4.78, 5) is 13.0. The molecule has 2 aromatic rings. The molecule has 0 fully saturated rings. The summed E-state index contributed by atoms with van der Waals surface area (Å²) in [7, 11) is 0. The van der Waals surface area contributed by atoms with Crippen LogP contribution in [0.5, 0.6) is 0 Å². The van der Waals surface area contributed by atoms with Crippen LogP contribution in [0.4, 0.5) is 5.69 Å². The van der Waals surface area contributed by atoms with Crippen molar-refractivity contribution in [2.24, 2.45) is 0 Å². The molecular formula is C20H20ClN3OS. The third-order valence-electron chi connectivity index (χ3n) is 4.49. The Kier molecular flexibility index (Phi) is 5.30. The molecule has 1 atom stereocenters. The third-order valence-corrected chi connectivity index (χ3v) is 5.06. The first-order chi connectivity index (χ1) is 12.4. The maximum atomic E-state index is 13.0. The third kappa shape index (κ3) is 3.74. The Morgan fingerprint density at radius 3 is 2.54 bits per heavy atom. The van der Waals surface area contributed by atoms with Crippen molar-refractivity contribution in [3.05, 3.63) is 75.4 Å². The first kappa shape index (κ1) is 18.4. The molecule has 1 aliphatic heterocycles. The van der Waals surface area contributed by atoms with E-state index in [1.807, 2.05) is 57.2 Å². The lowest BCUT2D eigenvalue weighted by Gasteiger charge is -2.30. The fourth-order valence-corrected chi connectivity index (χ4v) is 3.47. The number of anilines is 1. The highest BCUT2D eigenvalue weighted by atomic mass is 35.5. The summed E-state index contributed by atoms with van der Waals surface area (Å²) in [5.74, 6) is -0.196. The summed E-state index contributed by atoms with van der Waals surface area (Å²) in [5, 5.41) is 10.2. The Morgan fingerprint density at radius 2 is 1.85 bits per heavy atom. The predicted octanol–water partition coefficient (Wildman–Crippen LogP) is 4.39. The molecule has 0 spiro atoms. The number of benzene rings is 2. The number of halogens is 1. The van der Waals surface area contributed by atoms with Crippen molar-refractivity contribution in [3.63, 3.8) is 0 Å². The van der Waals surface area contributed by atoms with Gasteiger partial charge in [-0.25, -0.2) is 0 Å². The molecule has 0 saturated heterocycles. The first-order valence-electron chi connectivity index (χ1n) is 8.28. The zero-order valence-electron chi connectivity index (χ0n) is 14.8. The molecule has 0 aromatic heterocycles. The van der Waals surface area contributed by atoms with Gasteiger partial charge in [0.15, 0.2) is 5.11 Å². The van der Waals surface area contributed by atoms with E-state index in [0.717, 1.165) is 16.8 Å². The fourth-order valence-electron chi connectivity index (χ4n) is 2.95. The number of nitrogens with one attached hydrogen (secondary N) is 3. The second-order valence-corrected chi connectivity index (χ2v) is 7.16. The molecule has 26 heavy (non-hydrogen) atoms. The number of aryl methyl sites for hydroxylation is 2. The van der Waals surface area contributed by atoms with Crippen LogP contribution in [-0.2, 0) is 4.79 Å². The van der Waals surface area contributed by atoms with Crippen molar-refractivity contribution >= 4 is 40.5 Å². The van der Waals surface area contributed by atoms with Crippen molar-refractivity contribution in [1.82, 2.24) is 10.6 Å². The van der Waals surface area contributed by atoms with Gasteiger partial charge in [0.25, 0.3) is 5.91 Å². The van der Waals surface area contributed by atoms with Gasteiger partial charge >= 0.3 is 0 Å². The van der Waals surface area contributed by atoms with Crippen LogP contribution >= 0.6 is 23.8 Å². The lowest BCUT2D eigenvalue weighted by molar-refractivity contribution is -0.113. The van der Waals surface area contributed by atoms with Gasteiger partial charge in [-0.1, -0.05) is 35.9 Å². The SMILES string of the molecule is CC1=C(C(=O)Nc2ccc(C)c(C)c2)[C@@H](c2ccccc2Cl)NC(=S)N1. The number of thiocarbonyl (C=S) groups is 1. The monoisotopic (exact) mass is 385 g/mol. The molecular weight excluding hydrogens is 366 g/mol. The predicted molar refractivity (Wildman–Crippen MR) is 110 cm³/mol. The van der Waals surface area contributed by atoms with E-state index in [0.29, 0.717) is 21.4 Å². The average molecular weight is 386 g/mol. The maximum Gasteiger partial charge on any atom is 0.255 e. The number of carbonyl (C=O) groups excluding carboxylic acids is 1. The molecule has 1 heterocycles. The molecule has 1 amide bonds. The van der Waals surface area contributed by atoms with Crippen molar-refractivity contribution in [3.8, 4) is 0 Å². The fraction of sp³-hybridized carbons (Fsp3) is 0.200. The Bertz CT molecular complexity index is 923. The summed E-state index contributed by atoms with van der Waals surface area (Å²) in [6.07, 6.45) is 0. The minimum atomic E-state index is -0.413. The summed E-state index contributed by atoms with van der Waals surface area (Å²) < 4.78 is 0. The van der Waals surface area contributed by atoms with Crippen molar-refractivity contribution in [1.29, 1.82) is 0 Å². The Balaban J connectivity index is 1.97. The van der Waals surface area contributed by atoms with Gasteiger partial charge in [-0.05, 0) is 67.9 Å². The molecule has 134 valence electrons. The summed E-state index contributed by atoms with van der Waals surface area (Å²) in [6, 6.07) is 12.9. The average Bonchev–Trinajstić information content (AvgIpc) is 2.57. The van der Waals surface area contributed by atoms with Gasteiger partial charge in [-0.3, -0.25) is 4.79 Å². The molecule has 0 saturated carbocycles. The van der Waals surface area contributed by atoms with Gasteiger partial charge in [0, 0.05) is 16.4 Å². The van der Waals surface area contributed by atoms with E-state index >= 15 is 0 Å². The number of allylic oxidation sites excluding steroid dienone is 1. The zero-order valence-corrected chi connectivity index (χ0v) is 16.4. The molecule has 4 nitrogen and oxygen atoms in total. The second kappa shape index (κ2) is 7.48. The lowest BCUT2D eigenvalue weighted by atomic mass is 9.94. The smallest absolute Gasteiger partial charge is 0.255 e. The van der Waals surface area contributed by atoms with Crippen molar-refractivity contribution in [2.45, 2.75) is 26.8 Å². The van der Waals surface area contributed by atoms with Gasteiger partial charge in [0.05, 0.1) is 11.6 Å². The van der Waals surface area contributed by atoms with Gasteiger partial charge in [-0.15, -0.1) is 0 Å². The highest BCUT2D eigenvalue weighted by Crippen LogP contribution is 2.32. The molecule has 0 unspecified atom stereocenters. The minimum absolute atomic E-state index is 0.196. The van der Waals surface area contributed by atoms with Crippen molar-refractivity contribution in [2.75, 3.05) is 5.32 Å². The number of hydrogen-bond acceptors (Lipinski definition) is 2.